The molecule has 0 fully saturated rings. The molecule has 0 aliphatic rings. The van der Waals surface area contributed by atoms with Gasteiger partial charge in [0.15, 0.2) is 0 Å². The third kappa shape index (κ3) is 4.78. The highest BCUT2D eigenvalue weighted by molar-refractivity contribution is 5.87. The molecule has 0 unspecified atom stereocenters. The summed E-state index contributed by atoms with van der Waals surface area (Å²) in [6.45, 7) is 0.175. The van der Waals surface area contributed by atoms with E-state index in [-0.39, 0.29) is 6.61 Å². The minimum absolute atomic E-state index is 0.175. The van der Waals surface area contributed by atoms with Gasteiger partial charge >= 0.3 is 5.97 Å². The van der Waals surface area contributed by atoms with Crippen molar-refractivity contribution < 1.29 is 19.0 Å². The summed E-state index contributed by atoms with van der Waals surface area (Å²) in [5.41, 5.74) is 7.91. The Morgan fingerprint density at radius 3 is 2.65 bits per heavy atom. The summed E-state index contributed by atoms with van der Waals surface area (Å²) in [6, 6.07) is 12.6. The molecule has 2 aromatic carbocycles. The first-order chi connectivity index (χ1) is 11.1. The molecule has 120 valence electrons. The van der Waals surface area contributed by atoms with Gasteiger partial charge in [-0.25, -0.2) is 4.79 Å². The Morgan fingerprint density at radius 1 is 1.13 bits per heavy atom. The van der Waals surface area contributed by atoms with Crippen LogP contribution >= 0.6 is 0 Å². The summed E-state index contributed by atoms with van der Waals surface area (Å²) < 4.78 is 15.6. The van der Waals surface area contributed by atoms with E-state index in [0.29, 0.717) is 17.2 Å². The molecule has 0 aliphatic carbocycles. The molecule has 0 radical (unpaired) electrons. The average molecular weight is 313 g/mol. The highest BCUT2D eigenvalue weighted by Crippen LogP contribution is 2.25. The lowest BCUT2D eigenvalue weighted by atomic mass is 10.1. The summed E-state index contributed by atoms with van der Waals surface area (Å²) in [6.07, 6.45) is 3.00. The van der Waals surface area contributed by atoms with Gasteiger partial charge in [-0.1, -0.05) is 12.1 Å². The van der Waals surface area contributed by atoms with E-state index < -0.39 is 5.97 Å². The molecule has 0 atom stereocenters. The quantitative estimate of drug-likeness (QED) is 0.504. The Hall–Kier alpha value is -2.95. The van der Waals surface area contributed by atoms with Gasteiger partial charge in [-0.15, -0.1) is 0 Å². The van der Waals surface area contributed by atoms with E-state index in [0.717, 1.165) is 11.1 Å². The molecule has 0 aromatic heterocycles. The van der Waals surface area contributed by atoms with Crippen LogP contribution in [0.2, 0.25) is 0 Å². The topological polar surface area (TPSA) is 70.8 Å². The molecule has 5 heteroatoms. The maximum atomic E-state index is 11.8. The predicted octanol–water partition coefficient (Wildman–Crippen LogP) is 3.04. The van der Waals surface area contributed by atoms with Crippen LogP contribution < -0.4 is 15.2 Å². The van der Waals surface area contributed by atoms with Gasteiger partial charge < -0.3 is 19.9 Å². The van der Waals surface area contributed by atoms with E-state index in [1.54, 1.807) is 50.6 Å². The predicted molar refractivity (Wildman–Crippen MR) is 89.2 cm³/mol. The van der Waals surface area contributed by atoms with Crippen LogP contribution in [0.3, 0.4) is 0 Å². The highest BCUT2D eigenvalue weighted by Gasteiger charge is 2.04. The Morgan fingerprint density at radius 2 is 1.96 bits per heavy atom. The number of carbonyl (C=O) groups is 1. The van der Waals surface area contributed by atoms with Crippen molar-refractivity contribution in [2.45, 2.75) is 6.61 Å². The van der Waals surface area contributed by atoms with Crippen molar-refractivity contribution >= 4 is 17.7 Å². The molecule has 23 heavy (non-hydrogen) atoms. The Bertz CT molecular complexity index is 710. The molecule has 0 saturated heterocycles. The smallest absolute Gasteiger partial charge is 0.331 e. The monoisotopic (exact) mass is 313 g/mol. The number of anilines is 1. The second-order valence-electron chi connectivity index (χ2n) is 4.79. The number of nitrogens with two attached hydrogens (primary N) is 1. The van der Waals surface area contributed by atoms with E-state index >= 15 is 0 Å². The summed E-state index contributed by atoms with van der Waals surface area (Å²) in [5, 5.41) is 0. The molecule has 0 heterocycles. The zero-order valence-corrected chi connectivity index (χ0v) is 13.1. The largest absolute Gasteiger partial charge is 0.497 e. The van der Waals surface area contributed by atoms with Crippen molar-refractivity contribution in [1.82, 2.24) is 0 Å². The maximum Gasteiger partial charge on any atom is 0.331 e. The van der Waals surface area contributed by atoms with Gasteiger partial charge in [-0.2, -0.15) is 0 Å². The number of methoxy groups -OCH3 is 2. The number of rotatable bonds is 6. The number of hydrogen-bond donors (Lipinski definition) is 1. The molecule has 0 amide bonds. The SMILES string of the molecule is COc1ccc(/C=C/C(=O)OCc2cccc(N)c2)c(OC)c1. The molecule has 2 N–H and O–H groups in total. The van der Waals surface area contributed by atoms with Crippen LogP contribution in [0.4, 0.5) is 5.69 Å². The highest BCUT2D eigenvalue weighted by atomic mass is 16.5. The van der Waals surface area contributed by atoms with Crippen molar-refractivity contribution in [3.05, 3.63) is 59.7 Å². The third-order valence-corrected chi connectivity index (χ3v) is 3.17. The number of hydrogen-bond acceptors (Lipinski definition) is 5. The molecular weight excluding hydrogens is 294 g/mol. The zero-order valence-electron chi connectivity index (χ0n) is 13.1. The van der Waals surface area contributed by atoms with Gasteiger partial charge in [0.05, 0.1) is 14.2 Å². The third-order valence-electron chi connectivity index (χ3n) is 3.17. The van der Waals surface area contributed by atoms with E-state index in [4.69, 9.17) is 19.9 Å². The van der Waals surface area contributed by atoms with Crippen LogP contribution in [0.15, 0.2) is 48.5 Å². The van der Waals surface area contributed by atoms with Crippen molar-refractivity contribution in [1.29, 1.82) is 0 Å². The summed E-state index contributed by atoms with van der Waals surface area (Å²) in [7, 11) is 3.14. The van der Waals surface area contributed by atoms with Crippen LogP contribution in [0.25, 0.3) is 6.08 Å². The molecule has 2 aromatic rings. The van der Waals surface area contributed by atoms with Crippen LogP contribution in [0, 0.1) is 0 Å². The Balaban J connectivity index is 1.98. The zero-order chi connectivity index (χ0) is 16.7. The normalized spacial score (nSPS) is 10.5. The molecule has 0 spiro atoms. The van der Waals surface area contributed by atoms with Crippen LogP contribution in [-0.2, 0) is 16.1 Å². The lowest BCUT2D eigenvalue weighted by Gasteiger charge is -2.07. The Kier molecular flexibility index (Phi) is 5.63. The van der Waals surface area contributed by atoms with E-state index in [1.165, 1.54) is 6.08 Å². The van der Waals surface area contributed by atoms with Crippen LogP contribution in [-0.4, -0.2) is 20.2 Å². The summed E-state index contributed by atoms with van der Waals surface area (Å²) >= 11 is 0. The molecule has 0 bridgehead atoms. The molecule has 0 aliphatic heterocycles. The van der Waals surface area contributed by atoms with Gasteiger partial charge in [-0.05, 0) is 35.9 Å². The first-order valence-corrected chi connectivity index (χ1v) is 7.03. The summed E-state index contributed by atoms with van der Waals surface area (Å²) in [4.78, 5) is 11.8. The van der Waals surface area contributed by atoms with Crippen molar-refractivity contribution in [2.24, 2.45) is 0 Å². The second kappa shape index (κ2) is 7.89. The molecule has 2 rings (SSSR count). The van der Waals surface area contributed by atoms with Crippen molar-refractivity contribution in [3.63, 3.8) is 0 Å². The summed E-state index contributed by atoms with van der Waals surface area (Å²) in [5.74, 6) is 0.859. The van der Waals surface area contributed by atoms with Crippen molar-refractivity contribution in [2.75, 3.05) is 20.0 Å². The minimum atomic E-state index is -0.440. The van der Waals surface area contributed by atoms with Crippen molar-refractivity contribution in [3.8, 4) is 11.5 Å². The molecule has 0 saturated carbocycles. The lowest BCUT2D eigenvalue weighted by molar-refractivity contribution is -0.138. The number of esters is 1. The van der Waals surface area contributed by atoms with Crippen LogP contribution in [0.1, 0.15) is 11.1 Å². The number of carbonyl (C=O) groups excluding carboxylic acids is 1. The average Bonchev–Trinajstić information content (AvgIpc) is 2.58. The number of ether oxygens (including phenoxy) is 3. The van der Waals surface area contributed by atoms with Gasteiger partial charge in [-0.3, -0.25) is 0 Å². The van der Waals surface area contributed by atoms with Gasteiger partial charge in [0.25, 0.3) is 0 Å². The van der Waals surface area contributed by atoms with Gasteiger partial charge in [0, 0.05) is 23.4 Å². The van der Waals surface area contributed by atoms with E-state index in [9.17, 15) is 4.79 Å². The molecule has 5 nitrogen and oxygen atoms in total. The maximum absolute atomic E-state index is 11.8. The fourth-order valence-corrected chi connectivity index (χ4v) is 2.00. The van der Waals surface area contributed by atoms with Gasteiger partial charge in [0.1, 0.15) is 18.1 Å². The second-order valence-corrected chi connectivity index (χ2v) is 4.79. The first kappa shape index (κ1) is 16.4. The van der Waals surface area contributed by atoms with E-state index in [1.807, 2.05) is 12.1 Å². The molecular formula is C18H19NO4. The first-order valence-electron chi connectivity index (χ1n) is 7.03. The lowest BCUT2D eigenvalue weighted by Crippen LogP contribution is -2.01. The number of nitrogen functional groups attached to an aromatic ring is 1. The fourth-order valence-electron chi connectivity index (χ4n) is 2.00. The Labute approximate surface area is 135 Å². The van der Waals surface area contributed by atoms with Gasteiger partial charge in [0.2, 0.25) is 0 Å². The number of benzene rings is 2. The van der Waals surface area contributed by atoms with E-state index in [2.05, 4.69) is 0 Å². The standard InChI is InChI=1S/C18H19NO4/c1-21-16-8-6-14(17(11-16)22-2)7-9-18(20)23-12-13-4-3-5-15(19)10-13/h3-11H,12,19H2,1-2H3/b9-7+. The minimum Gasteiger partial charge on any atom is -0.497 e. The fraction of sp³-hybridized carbons (Fsp3) is 0.167. The van der Waals surface area contributed by atoms with Crippen LogP contribution in [0.5, 0.6) is 11.5 Å².